The van der Waals surface area contributed by atoms with Crippen LogP contribution in [0, 0.1) is 11.6 Å². The van der Waals surface area contributed by atoms with Crippen LogP contribution in [-0.2, 0) is 13.0 Å². The van der Waals surface area contributed by atoms with Crippen molar-refractivity contribution in [1.82, 2.24) is 10.6 Å². The van der Waals surface area contributed by atoms with E-state index in [1.807, 2.05) is 31.2 Å². The van der Waals surface area contributed by atoms with Crippen LogP contribution in [0.15, 0.2) is 47.5 Å². The van der Waals surface area contributed by atoms with Gasteiger partial charge in [-0.2, -0.15) is 0 Å². The van der Waals surface area contributed by atoms with Crippen LogP contribution in [-0.4, -0.2) is 26.2 Å². The molecule has 4 nitrogen and oxygen atoms in total. The summed E-state index contributed by atoms with van der Waals surface area (Å²) in [5, 5.41) is 6.21. The number of halogens is 3. The van der Waals surface area contributed by atoms with Crippen molar-refractivity contribution in [3.8, 4) is 5.75 Å². The van der Waals surface area contributed by atoms with Crippen molar-refractivity contribution in [3.63, 3.8) is 0 Å². The molecule has 0 aliphatic carbocycles. The highest BCUT2D eigenvalue weighted by Gasteiger charge is 2.08. The Morgan fingerprint density at radius 1 is 1.04 bits per heavy atom. The van der Waals surface area contributed by atoms with Crippen molar-refractivity contribution in [3.05, 3.63) is 65.2 Å². The third kappa shape index (κ3) is 6.44. The largest absolute Gasteiger partial charge is 0.496 e. The summed E-state index contributed by atoms with van der Waals surface area (Å²) < 4.78 is 32.6. The third-order valence-electron chi connectivity index (χ3n) is 3.67. The minimum Gasteiger partial charge on any atom is -0.496 e. The molecule has 2 aromatic rings. The van der Waals surface area contributed by atoms with Crippen LogP contribution in [0.25, 0.3) is 0 Å². The zero-order chi connectivity index (χ0) is 18.1. The Hall–Kier alpha value is -1.90. The van der Waals surface area contributed by atoms with Gasteiger partial charge in [0.15, 0.2) is 5.96 Å². The van der Waals surface area contributed by atoms with Gasteiger partial charge in [0.1, 0.15) is 17.4 Å². The Balaban J connectivity index is 0.00000338. The van der Waals surface area contributed by atoms with E-state index in [9.17, 15) is 8.78 Å². The number of guanidine groups is 1. The van der Waals surface area contributed by atoms with Crippen LogP contribution < -0.4 is 15.4 Å². The lowest BCUT2D eigenvalue weighted by molar-refractivity contribution is 0.410. The monoisotopic (exact) mass is 475 g/mol. The van der Waals surface area contributed by atoms with E-state index in [0.29, 0.717) is 25.6 Å². The SMILES string of the molecule is CCNC(=NCc1ccccc1OC)NCCc1c(F)cccc1F.I. The summed E-state index contributed by atoms with van der Waals surface area (Å²) in [6.07, 6.45) is 0.234. The molecule has 2 aromatic carbocycles. The number of ether oxygens (including phenoxy) is 1. The molecule has 0 heterocycles. The van der Waals surface area contributed by atoms with Gasteiger partial charge in [-0.3, -0.25) is 0 Å². The van der Waals surface area contributed by atoms with Crippen LogP contribution in [0.2, 0.25) is 0 Å². The predicted octanol–water partition coefficient (Wildman–Crippen LogP) is 3.89. The van der Waals surface area contributed by atoms with E-state index in [2.05, 4.69) is 15.6 Å². The lowest BCUT2D eigenvalue weighted by Crippen LogP contribution is -2.38. The molecule has 2 N–H and O–H groups in total. The van der Waals surface area contributed by atoms with Crippen LogP contribution in [0.5, 0.6) is 5.75 Å². The maximum absolute atomic E-state index is 13.6. The van der Waals surface area contributed by atoms with Crippen molar-refractivity contribution in [2.75, 3.05) is 20.2 Å². The van der Waals surface area contributed by atoms with Gasteiger partial charge in [0.05, 0.1) is 13.7 Å². The highest BCUT2D eigenvalue weighted by atomic mass is 127. The third-order valence-corrected chi connectivity index (χ3v) is 3.67. The van der Waals surface area contributed by atoms with Crippen LogP contribution in [0.4, 0.5) is 8.78 Å². The van der Waals surface area contributed by atoms with Crippen molar-refractivity contribution in [2.24, 2.45) is 4.99 Å². The number of benzene rings is 2. The summed E-state index contributed by atoms with van der Waals surface area (Å²) >= 11 is 0. The molecular formula is C19H24F2IN3O. The highest BCUT2D eigenvalue weighted by Crippen LogP contribution is 2.18. The van der Waals surface area contributed by atoms with Gasteiger partial charge in [-0.15, -0.1) is 24.0 Å². The molecule has 0 amide bonds. The Morgan fingerprint density at radius 2 is 1.73 bits per heavy atom. The average molecular weight is 475 g/mol. The van der Waals surface area contributed by atoms with Gasteiger partial charge >= 0.3 is 0 Å². The minimum atomic E-state index is -0.530. The zero-order valence-electron chi connectivity index (χ0n) is 14.9. The van der Waals surface area contributed by atoms with E-state index in [4.69, 9.17) is 4.74 Å². The summed E-state index contributed by atoms with van der Waals surface area (Å²) in [6, 6.07) is 11.5. The molecule has 0 aromatic heterocycles. The quantitative estimate of drug-likeness (QED) is 0.363. The molecule has 0 aliphatic rings. The Kier molecular flexibility index (Phi) is 9.93. The molecule has 0 radical (unpaired) electrons. The molecule has 7 heteroatoms. The van der Waals surface area contributed by atoms with E-state index in [-0.39, 0.29) is 36.0 Å². The molecular weight excluding hydrogens is 451 g/mol. The second-order valence-corrected chi connectivity index (χ2v) is 5.38. The Morgan fingerprint density at radius 3 is 2.38 bits per heavy atom. The van der Waals surface area contributed by atoms with Gasteiger partial charge < -0.3 is 15.4 Å². The molecule has 0 spiro atoms. The van der Waals surface area contributed by atoms with Crippen molar-refractivity contribution in [2.45, 2.75) is 19.9 Å². The zero-order valence-corrected chi connectivity index (χ0v) is 17.2. The molecule has 0 unspecified atom stereocenters. The lowest BCUT2D eigenvalue weighted by atomic mass is 10.1. The van der Waals surface area contributed by atoms with Gasteiger partial charge in [0.2, 0.25) is 0 Å². The maximum atomic E-state index is 13.6. The minimum absolute atomic E-state index is 0. The Labute approximate surface area is 170 Å². The second-order valence-electron chi connectivity index (χ2n) is 5.38. The van der Waals surface area contributed by atoms with Gasteiger partial charge in [-0.25, -0.2) is 13.8 Å². The van der Waals surface area contributed by atoms with E-state index < -0.39 is 11.6 Å². The predicted molar refractivity (Wildman–Crippen MR) is 111 cm³/mol. The first-order valence-corrected chi connectivity index (χ1v) is 8.22. The fourth-order valence-corrected chi connectivity index (χ4v) is 2.42. The van der Waals surface area contributed by atoms with Gasteiger partial charge in [0, 0.05) is 24.2 Å². The molecule has 2 rings (SSSR count). The number of nitrogens with zero attached hydrogens (tertiary/aromatic N) is 1. The number of hydrogen-bond acceptors (Lipinski definition) is 2. The average Bonchev–Trinajstić information content (AvgIpc) is 2.62. The molecule has 0 atom stereocenters. The van der Waals surface area contributed by atoms with Crippen molar-refractivity contribution in [1.29, 1.82) is 0 Å². The van der Waals surface area contributed by atoms with Crippen LogP contribution >= 0.6 is 24.0 Å². The Bertz CT molecular complexity index is 705. The topological polar surface area (TPSA) is 45.7 Å². The molecule has 26 heavy (non-hydrogen) atoms. The van der Waals surface area contributed by atoms with Crippen LogP contribution in [0.1, 0.15) is 18.1 Å². The number of para-hydroxylation sites is 1. The van der Waals surface area contributed by atoms with Gasteiger partial charge in [0.25, 0.3) is 0 Å². The summed E-state index contributed by atoms with van der Waals surface area (Å²) in [7, 11) is 1.62. The number of aliphatic imine (C=N–C) groups is 1. The van der Waals surface area contributed by atoms with E-state index in [1.54, 1.807) is 7.11 Å². The molecule has 0 saturated heterocycles. The highest BCUT2D eigenvalue weighted by molar-refractivity contribution is 14.0. The van der Waals surface area contributed by atoms with Crippen LogP contribution in [0.3, 0.4) is 0 Å². The first-order chi connectivity index (χ1) is 12.2. The normalized spacial score (nSPS) is 10.8. The molecule has 0 bridgehead atoms. The van der Waals surface area contributed by atoms with E-state index in [0.717, 1.165) is 11.3 Å². The molecule has 0 fully saturated rings. The number of methoxy groups -OCH3 is 1. The smallest absolute Gasteiger partial charge is 0.191 e. The standard InChI is InChI=1S/C19H23F2N3O.HI/c1-3-22-19(24-13-14-7-4-5-10-18(14)25-2)23-12-11-15-16(20)8-6-9-17(15)21;/h4-10H,3,11-13H2,1-2H3,(H2,22,23,24);1H. The summed E-state index contributed by atoms with van der Waals surface area (Å²) in [6.45, 7) is 3.45. The number of nitrogens with one attached hydrogen (secondary N) is 2. The fraction of sp³-hybridized carbons (Fsp3) is 0.316. The first kappa shape index (κ1) is 22.1. The van der Waals surface area contributed by atoms with E-state index >= 15 is 0 Å². The van der Waals surface area contributed by atoms with Crippen molar-refractivity contribution >= 4 is 29.9 Å². The number of rotatable bonds is 7. The van der Waals surface area contributed by atoms with Gasteiger partial charge in [-0.05, 0) is 31.5 Å². The summed E-state index contributed by atoms with van der Waals surface area (Å²) in [5.74, 6) is 0.302. The molecule has 0 saturated carbocycles. The van der Waals surface area contributed by atoms with E-state index in [1.165, 1.54) is 18.2 Å². The second kappa shape index (κ2) is 11.7. The maximum Gasteiger partial charge on any atom is 0.191 e. The van der Waals surface area contributed by atoms with Gasteiger partial charge in [-0.1, -0.05) is 24.3 Å². The molecule has 142 valence electrons. The van der Waals surface area contributed by atoms with Crippen molar-refractivity contribution < 1.29 is 13.5 Å². The summed E-state index contributed by atoms with van der Waals surface area (Å²) in [5.41, 5.74) is 1.04. The number of hydrogen-bond donors (Lipinski definition) is 2. The molecule has 0 aliphatic heterocycles. The lowest BCUT2D eigenvalue weighted by Gasteiger charge is -2.12. The first-order valence-electron chi connectivity index (χ1n) is 8.22. The summed E-state index contributed by atoms with van der Waals surface area (Å²) in [4.78, 5) is 4.50. The fourth-order valence-electron chi connectivity index (χ4n) is 2.42.